The zero-order chi connectivity index (χ0) is 29.2. The number of ether oxygens (including phenoxy) is 3. The molecule has 0 aliphatic heterocycles. The van der Waals surface area contributed by atoms with Gasteiger partial charge in [-0.25, -0.2) is 4.79 Å². The maximum Gasteiger partial charge on any atom is 0.344 e. The number of carbonyl (C=O) groups excluding carboxylic acids is 1. The maximum atomic E-state index is 12.6. The van der Waals surface area contributed by atoms with Gasteiger partial charge in [0.1, 0.15) is 23.7 Å². The van der Waals surface area contributed by atoms with Gasteiger partial charge in [-0.2, -0.15) is 0 Å². The zero-order valence-corrected chi connectivity index (χ0v) is 25.8. The second-order valence-electron chi connectivity index (χ2n) is 11.9. The summed E-state index contributed by atoms with van der Waals surface area (Å²) in [6.45, 7) is 15.7. The topological polar surface area (TPSA) is 44.8 Å². The Morgan fingerprint density at radius 3 is 1.95 bits per heavy atom. The third kappa shape index (κ3) is 8.02. The van der Waals surface area contributed by atoms with E-state index in [2.05, 4.69) is 58.9 Å². The van der Waals surface area contributed by atoms with Crippen LogP contribution in [0.4, 0.5) is 0 Å². The molecule has 1 fully saturated rings. The van der Waals surface area contributed by atoms with Crippen LogP contribution >= 0.6 is 0 Å². The van der Waals surface area contributed by atoms with Crippen molar-refractivity contribution in [3.8, 4) is 11.5 Å². The Labute approximate surface area is 242 Å². The molecule has 1 unspecified atom stereocenters. The van der Waals surface area contributed by atoms with Crippen molar-refractivity contribution >= 4 is 16.7 Å². The van der Waals surface area contributed by atoms with E-state index in [0.29, 0.717) is 18.3 Å². The lowest BCUT2D eigenvalue weighted by atomic mass is 9.74. The fourth-order valence-corrected chi connectivity index (χ4v) is 5.85. The van der Waals surface area contributed by atoms with Crippen molar-refractivity contribution < 1.29 is 19.0 Å². The minimum Gasteiger partial charge on any atom is -0.488 e. The van der Waals surface area contributed by atoms with Crippen molar-refractivity contribution in [2.75, 3.05) is 6.61 Å². The average Bonchev–Trinajstić information content (AvgIpc) is 3.43. The summed E-state index contributed by atoms with van der Waals surface area (Å²) >= 11 is 0. The van der Waals surface area contributed by atoms with Crippen LogP contribution in [0.15, 0.2) is 60.7 Å². The summed E-state index contributed by atoms with van der Waals surface area (Å²) in [5.74, 6) is 1.71. The van der Waals surface area contributed by atoms with Crippen LogP contribution in [-0.2, 0) is 16.1 Å². The first-order valence-electron chi connectivity index (χ1n) is 15.3. The quantitative estimate of drug-likeness (QED) is 0.224. The van der Waals surface area contributed by atoms with E-state index in [9.17, 15) is 4.79 Å². The number of hydrogen-bond donors (Lipinski definition) is 0. The molecule has 4 rings (SSSR count). The van der Waals surface area contributed by atoms with Crippen LogP contribution in [0.25, 0.3) is 10.8 Å². The molecule has 1 saturated carbocycles. The summed E-state index contributed by atoms with van der Waals surface area (Å²) in [6.07, 6.45) is 7.36. The van der Waals surface area contributed by atoms with Crippen LogP contribution in [0.3, 0.4) is 0 Å². The van der Waals surface area contributed by atoms with Crippen LogP contribution in [0.1, 0.15) is 110 Å². The predicted molar refractivity (Wildman–Crippen MR) is 166 cm³/mol. The Balaban J connectivity index is 0.00000216. The van der Waals surface area contributed by atoms with Gasteiger partial charge in [0.05, 0.1) is 0 Å². The highest BCUT2D eigenvalue weighted by atomic mass is 16.6. The van der Waals surface area contributed by atoms with E-state index >= 15 is 0 Å². The van der Waals surface area contributed by atoms with E-state index in [0.717, 1.165) is 54.2 Å². The third-order valence-corrected chi connectivity index (χ3v) is 8.08. The fourth-order valence-electron chi connectivity index (χ4n) is 5.85. The molecule has 40 heavy (non-hydrogen) atoms. The second kappa shape index (κ2) is 14.6. The minimum absolute atomic E-state index is 0.0914. The van der Waals surface area contributed by atoms with E-state index in [4.69, 9.17) is 14.2 Å². The molecule has 0 saturated heterocycles. The van der Waals surface area contributed by atoms with Crippen molar-refractivity contribution in [3.63, 3.8) is 0 Å². The summed E-state index contributed by atoms with van der Waals surface area (Å²) in [7, 11) is 0. The van der Waals surface area contributed by atoms with Gasteiger partial charge >= 0.3 is 5.97 Å². The molecule has 3 aromatic carbocycles. The Bertz CT molecular complexity index is 1200. The van der Waals surface area contributed by atoms with Crippen molar-refractivity contribution in [2.45, 2.75) is 112 Å². The monoisotopic (exact) mass is 546 g/mol. The number of esters is 1. The predicted octanol–water partition coefficient (Wildman–Crippen LogP) is 10.0. The summed E-state index contributed by atoms with van der Waals surface area (Å²) in [5, 5.41) is 1.89. The molecule has 4 heteroatoms. The van der Waals surface area contributed by atoms with Gasteiger partial charge in [0, 0.05) is 10.8 Å². The van der Waals surface area contributed by atoms with Gasteiger partial charge < -0.3 is 14.2 Å². The number of hydrogen-bond acceptors (Lipinski definition) is 4. The number of carbonyl (C=O) groups is 1. The molecule has 0 spiro atoms. The van der Waals surface area contributed by atoms with Gasteiger partial charge in [0.2, 0.25) is 0 Å². The largest absolute Gasteiger partial charge is 0.488 e. The summed E-state index contributed by atoms with van der Waals surface area (Å²) in [5.41, 5.74) is 2.47. The van der Waals surface area contributed by atoms with Crippen LogP contribution < -0.4 is 9.47 Å². The Morgan fingerprint density at radius 1 is 0.850 bits per heavy atom. The molecule has 1 aliphatic carbocycles. The molecule has 0 amide bonds. The molecule has 3 aromatic rings. The Hall–Kier alpha value is -3.01. The van der Waals surface area contributed by atoms with E-state index < -0.39 is 0 Å². The van der Waals surface area contributed by atoms with Gasteiger partial charge in [-0.15, -0.1) is 0 Å². The molecule has 1 atom stereocenters. The number of benzene rings is 3. The smallest absolute Gasteiger partial charge is 0.344 e. The molecule has 0 radical (unpaired) electrons. The van der Waals surface area contributed by atoms with E-state index in [1.807, 2.05) is 50.2 Å². The molecule has 0 aromatic heterocycles. The highest BCUT2D eigenvalue weighted by Crippen LogP contribution is 2.39. The minimum atomic E-state index is -0.304. The number of fused-ring (bicyclic) bond motifs is 1. The highest BCUT2D eigenvalue weighted by molar-refractivity contribution is 5.93. The van der Waals surface area contributed by atoms with Gasteiger partial charge in [-0.3, -0.25) is 0 Å². The molecular formula is C36H50O4. The van der Waals surface area contributed by atoms with Gasteiger partial charge in [0.15, 0.2) is 6.61 Å². The molecular weight excluding hydrogens is 496 g/mol. The molecule has 0 heterocycles. The Kier molecular flexibility index (Phi) is 11.5. The first kappa shape index (κ1) is 31.5. The molecule has 0 bridgehead atoms. The Morgan fingerprint density at radius 2 is 1.43 bits per heavy atom. The third-order valence-electron chi connectivity index (χ3n) is 8.08. The molecule has 218 valence electrons. The van der Waals surface area contributed by atoms with Crippen LogP contribution in [0.2, 0.25) is 0 Å². The van der Waals surface area contributed by atoms with Gasteiger partial charge in [0.25, 0.3) is 0 Å². The van der Waals surface area contributed by atoms with E-state index in [-0.39, 0.29) is 23.6 Å². The number of rotatable bonds is 11. The van der Waals surface area contributed by atoms with Crippen molar-refractivity contribution in [1.82, 2.24) is 0 Å². The van der Waals surface area contributed by atoms with Crippen molar-refractivity contribution in [2.24, 2.45) is 5.41 Å². The normalized spacial score (nSPS) is 15.2. The first-order chi connectivity index (χ1) is 19.2. The molecule has 4 nitrogen and oxygen atoms in total. The SMILES string of the molecule is CC.CCCC(c1ccc(COc2cccc3c(OCC(=O)OC4(CC)CCCC4)cccc23)cc1)C(C)(C)C. The average molecular weight is 547 g/mol. The fraction of sp³-hybridized carbons (Fsp3) is 0.528. The lowest BCUT2D eigenvalue weighted by Gasteiger charge is -2.31. The van der Waals surface area contributed by atoms with Crippen LogP contribution in [-0.4, -0.2) is 18.2 Å². The molecule has 1 aliphatic rings. The summed E-state index contributed by atoms with van der Waals surface area (Å²) in [4.78, 5) is 12.6. The van der Waals surface area contributed by atoms with E-state index in [1.54, 1.807) is 0 Å². The van der Waals surface area contributed by atoms with Crippen LogP contribution in [0.5, 0.6) is 11.5 Å². The van der Waals surface area contributed by atoms with Gasteiger partial charge in [-0.05, 0) is 73.1 Å². The zero-order valence-electron chi connectivity index (χ0n) is 25.8. The lowest BCUT2D eigenvalue weighted by Crippen LogP contribution is -2.33. The van der Waals surface area contributed by atoms with Crippen molar-refractivity contribution in [3.05, 3.63) is 71.8 Å². The molecule has 0 N–H and O–H groups in total. The van der Waals surface area contributed by atoms with E-state index in [1.165, 1.54) is 18.4 Å². The summed E-state index contributed by atoms with van der Waals surface area (Å²) in [6, 6.07) is 20.7. The first-order valence-corrected chi connectivity index (χ1v) is 15.3. The van der Waals surface area contributed by atoms with Crippen LogP contribution in [0, 0.1) is 5.41 Å². The van der Waals surface area contributed by atoms with Gasteiger partial charge in [-0.1, -0.05) is 103 Å². The summed E-state index contributed by atoms with van der Waals surface area (Å²) < 4.78 is 18.1. The second-order valence-corrected chi connectivity index (χ2v) is 11.9. The lowest BCUT2D eigenvalue weighted by molar-refractivity contribution is -0.162. The standard InChI is InChI=1S/C34H44O4.C2H6/c1-6-12-29(33(3,4)5)26-19-17-25(18-20-26)23-36-30-15-10-14-28-27(30)13-11-16-31(28)37-24-32(35)38-34(7-2)21-8-9-22-34;1-2/h10-11,13-20,29H,6-9,12,21-24H2,1-5H3;1-2H3. The maximum absolute atomic E-state index is 12.6. The van der Waals surface area contributed by atoms with Crippen molar-refractivity contribution in [1.29, 1.82) is 0 Å². The highest BCUT2D eigenvalue weighted by Gasteiger charge is 2.36.